The highest BCUT2D eigenvalue weighted by molar-refractivity contribution is 6.37. The standard InChI is InChI=1S/C13H15Cl2NO2/c1-7(8-3-4-8)16-13(17)9-5-10(14)12(18-2)11(15)6-9/h5-8H,3-4H2,1-2H3,(H,16,17). The molecule has 1 fully saturated rings. The number of nitrogens with one attached hydrogen (secondary N) is 1. The van der Waals surface area contributed by atoms with Crippen LogP contribution < -0.4 is 10.1 Å². The van der Waals surface area contributed by atoms with Gasteiger partial charge in [-0.2, -0.15) is 0 Å². The van der Waals surface area contributed by atoms with Gasteiger partial charge in [-0.15, -0.1) is 0 Å². The van der Waals surface area contributed by atoms with Crippen molar-refractivity contribution < 1.29 is 9.53 Å². The fourth-order valence-corrected chi connectivity index (χ4v) is 2.53. The van der Waals surface area contributed by atoms with Gasteiger partial charge in [0.15, 0.2) is 5.75 Å². The van der Waals surface area contributed by atoms with Crippen LogP contribution in [0.25, 0.3) is 0 Å². The molecule has 1 aliphatic rings. The Hall–Kier alpha value is -0.930. The van der Waals surface area contributed by atoms with Crippen LogP contribution in [0.3, 0.4) is 0 Å². The van der Waals surface area contributed by atoms with Crippen LogP contribution >= 0.6 is 23.2 Å². The zero-order chi connectivity index (χ0) is 13.3. The van der Waals surface area contributed by atoms with Gasteiger partial charge >= 0.3 is 0 Å². The number of hydrogen-bond donors (Lipinski definition) is 1. The van der Waals surface area contributed by atoms with Crippen molar-refractivity contribution in [3.05, 3.63) is 27.7 Å². The van der Waals surface area contributed by atoms with Crippen molar-refractivity contribution in [3.8, 4) is 5.75 Å². The van der Waals surface area contributed by atoms with E-state index >= 15 is 0 Å². The van der Waals surface area contributed by atoms with Gasteiger partial charge in [0, 0.05) is 11.6 Å². The van der Waals surface area contributed by atoms with Gasteiger partial charge in [0.05, 0.1) is 17.2 Å². The second kappa shape index (κ2) is 5.37. The lowest BCUT2D eigenvalue weighted by molar-refractivity contribution is 0.0936. The molecular formula is C13H15Cl2NO2. The third-order valence-electron chi connectivity index (χ3n) is 3.15. The average Bonchev–Trinajstić information content (AvgIpc) is 3.12. The molecule has 0 heterocycles. The second-order valence-corrected chi connectivity index (χ2v) is 5.39. The van der Waals surface area contributed by atoms with Gasteiger partial charge in [-0.25, -0.2) is 0 Å². The summed E-state index contributed by atoms with van der Waals surface area (Å²) in [5.41, 5.74) is 0.457. The summed E-state index contributed by atoms with van der Waals surface area (Å²) >= 11 is 12.0. The van der Waals surface area contributed by atoms with Crippen molar-refractivity contribution in [3.63, 3.8) is 0 Å². The number of rotatable bonds is 4. The smallest absolute Gasteiger partial charge is 0.251 e. The van der Waals surface area contributed by atoms with E-state index in [9.17, 15) is 4.79 Å². The Morgan fingerprint density at radius 1 is 1.39 bits per heavy atom. The monoisotopic (exact) mass is 287 g/mol. The van der Waals surface area contributed by atoms with Gasteiger partial charge in [-0.1, -0.05) is 23.2 Å². The van der Waals surface area contributed by atoms with Crippen LogP contribution in [0, 0.1) is 5.92 Å². The first-order chi connectivity index (χ1) is 8.52. The van der Waals surface area contributed by atoms with Crippen LogP contribution in [0.2, 0.25) is 10.0 Å². The van der Waals surface area contributed by atoms with E-state index in [1.807, 2.05) is 6.92 Å². The number of hydrogen-bond acceptors (Lipinski definition) is 2. The molecule has 0 aromatic heterocycles. The van der Waals surface area contributed by atoms with Gasteiger partial charge in [-0.3, -0.25) is 4.79 Å². The molecule has 0 radical (unpaired) electrons. The third kappa shape index (κ3) is 2.90. The van der Waals surface area contributed by atoms with Gasteiger partial charge in [0.2, 0.25) is 0 Å². The summed E-state index contributed by atoms with van der Waals surface area (Å²) in [6.07, 6.45) is 2.37. The molecule has 1 amide bonds. The maximum Gasteiger partial charge on any atom is 0.251 e. The summed E-state index contributed by atoms with van der Waals surface area (Å²) in [5.74, 6) is 0.851. The summed E-state index contributed by atoms with van der Waals surface area (Å²) in [4.78, 5) is 12.0. The summed E-state index contributed by atoms with van der Waals surface area (Å²) < 4.78 is 5.04. The van der Waals surface area contributed by atoms with E-state index in [1.165, 1.54) is 20.0 Å². The predicted octanol–water partition coefficient (Wildman–Crippen LogP) is 3.53. The summed E-state index contributed by atoms with van der Waals surface area (Å²) in [5, 5.41) is 3.64. The molecule has 0 aliphatic heterocycles. The molecule has 98 valence electrons. The lowest BCUT2D eigenvalue weighted by Gasteiger charge is -2.14. The highest BCUT2D eigenvalue weighted by atomic mass is 35.5. The van der Waals surface area contributed by atoms with Gasteiger partial charge in [0.25, 0.3) is 5.91 Å². The predicted molar refractivity (Wildman–Crippen MR) is 72.7 cm³/mol. The molecule has 5 heteroatoms. The van der Waals surface area contributed by atoms with Crippen molar-refractivity contribution in [2.75, 3.05) is 7.11 Å². The molecule has 1 aliphatic carbocycles. The Labute approximate surface area is 116 Å². The number of methoxy groups -OCH3 is 1. The minimum atomic E-state index is -0.152. The molecule has 1 unspecified atom stereocenters. The van der Waals surface area contributed by atoms with Crippen molar-refractivity contribution in [1.29, 1.82) is 0 Å². The van der Waals surface area contributed by atoms with E-state index in [1.54, 1.807) is 12.1 Å². The molecular weight excluding hydrogens is 273 g/mol. The Kier molecular flexibility index (Phi) is 4.03. The Balaban J connectivity index is 2.14. The molecule has 1 aromatic rings. The molecule has 1 atom stereocenters. The summed E-state index contributed by atoms with van der Waals surface area (Å²) in [7, 11) is 1.49. The molecule has 1 N–H and O–H groups in total. The molecule has 0 bridgehead atoms. The van der Waals surface area contributed by atoms with Crippen molar-refractivity contribution in [2.24, 2.45) is 5.92 Å². The fraction of sp³-hybridized carbons (Fsp3) is 0.462. The van der Waals surface area contributed by atoms with E-state index in [-0.39, 0.29) is 11.9 Å². The third-order valence-corrected chi connectivity index (χ3v) is 3.71. The van der Waals surface area contributed by atoms with Crippen LogP contribution in [0.5, 0.6) is 5.75 Å². The topological polar surface area (TPSA) is 38.3 Å². The number of ether oxygens (including phenoxy) is 1. The van der Waals surface area contributed by atoms with Crippen LogP contribution in [0.15, 0.2) is 12.1 Å². The van der Waals surface area contributed by atoms with E-state index in [4.69, 9.17) is 27.9 Å². The fourth-order valence-electron chi connectivity index (χ4n) is 1.89. The lowest BCUT2D eigenvalue weighted by Crippen LogP contribution is -2.33. The van der Waals surface area contributed by atoms with E-state index in [0.717, 1.165) is 0 Å². The quantitative estimate of drug-likeness (QED) is 0.920. The summed E-state index contributed by atoms with van der Waals surface area (Å²) in [6.45, 7) is 2.02. The van der Waals surface area contributed by atoms with E-state index < -0.39 is 0 Å². The summed E-state index contributed by atoms with van der Waals surface area (Å²) in [6, 6.07) is 3.33. The number of carbonyl (C=O) groups is 1. The molecule has 1 saturated carbocycles. The second-order valence-electron chi connectivity index (χ2n) is 4.57. The highest BCUT2D eigenvalue weighted by Crippen LogP contribution is 2.35. The van der Waals surface area contributed by atoms with Gasteiger partial charge in [-0.05, 0) is 37.8 Å². The Bertz CT molecular complexity index is 449. The normalized spacial score (nSPS) is 16.2. The number of benzene rings is 1. The average molecular weight is 288 g/mol. The molecule has 18 heavy (non-hydrogen) atoms. The largest absolute Gasteiger partial charge is 0.494 e. The van der Waals surface area contributed by atoms with Crippen molar-refractivity contribution in [2.45, 2.75) is 25.8 Å². The molecule has 1 aromatic carbocycles. The number of amides is 1. The van der Waals surface area contributed by atoms with Crippen molar-refractivity contribution in [1.82, 2.24) is 5.32 Å². The minimum Gasteiger partial charge on any atom is -0.494 e. The van der Waals surface area contributed by atoms with E-state index in [0.29, 0.717) is 27.3 Å². The molecule has 2 rings (SSSR count). The Morgan fingerprint density at radius 3 is 2.39 bits per heavy atom. The highest BCUT2D eigenvalue weighted by Gasteiger charge is 2.29. The van der Waals surface area contributed by atoms with Crippen LogP contribution in [-0.4, -0.2) is 19.1 Å². The molecule has 0 saturated heterocycles. The zero-order valence-electron chi connectivity index (χ0n) is 10.3. The van der Waals surface area contributed by atoms with E-state index in [2.05, 4.69) is 5.32 Å². The van der Waals surface area contributed by atoms with Crippen LogP contribution in [0.1, 0.15) is 30.1 Å². The van der Waals surface area contributed by atoms with Gasteiger partial charge in [0.1, 0.15) is 0 Å². The maximum atomic E-state index is 12.0. The van der Waals surface area contributed by atoms with Gasteiger partial charge < -0.3 is 10.1 Å². The maximum absolute atomic E-state index is 12.0. The number of carbonyl (C=O) groups excluding carboxylic acids is 1. The minimum absolute atomic E-state index is 0.152. The first kappa shape index (κ1) is 13.5. The van der Waals surface area contributed by atoms with Crippen LogP contribution in [-0.2, 0) is 0 Å². The Morgan fingerprint density at radius 2 is 1.94 bits per heavy atom. The zero-order valence-corrected chi connectivity index (χ0v) is 11.8. The SMILES string of the molecule is COc1c(Cl)cc(C(=O)NC(C)C2CC2)cc1Cl. The molecule has 3 nitrogen and oxygen atoms in total. The first-order valence-electron chi connectivity index (χ1n) is 5.87. The number of halogens is 2. The lowest BCUT2D eigenvalue weighted by atomic mass is 10.1. The van der Waals surface area contributed by atoms with Crippen LogP contribution in [0.4, 0.5) is 0 Å². The van der Waals surface area contributed by atoms with Crippen molar-refractivity contribution >= 4 is 29.1 Å². The molecule has 0 spiro atoms. The first-order valence-corrected chi connectivity index (χ1v) is 6.62.